The molecule has 0 spiro atoms. The highest BCUT2D eigenvalue weighted by atomic mass is 19.1. The zero-order valence-corrected chi connectivity index (χ0v) is 38.1. The molecule has 21 nitrogen and oxygen atoms in total. The highest BCUT2D eigenvalue weighted by Crippen LogP contribution is 2.41. The zero-order valence-electron chi connectivity index (χ0n) is 39.1. The molecule has 0 aliphatic carbocycles. The summed E-state index contributed by atoms with van der Waals surface area (Å²) in [5, 5.41) is 22.1. The Balaban J connectivity index is 1.69. The molecule has 0 fully saturated rings. The standard InChI is InChI=1S/C46H56F2N10O11/c1-26(60)53-33(43(50)67)21-37(62)54-34(20-36(49)61)45(69)55-32(44(68)52-16-15-51-38(63)24-58-39(64)12-13-40(58)65)14-17-57(41(66)25-59)42(46(2,3)4)35-18-28(30-19-29(47)10-11-31(30)48)23-56(35)22-27-8-6-5-7-9-27/h5-13,18-19,23,32-34,42,59H,14-17,20-22,24-25H2,1-4H3,(H2,49,61)(H2,50,67)(H,51,63)(H,52,68)(H,53,60)(H,54,62)(H,55,69)/t32-,33-,34-,42-/m0/s1/i1D. The molecule has 0 unspecified atom stereocenters. The van der Waals surface area contributed by atoms with Crippen LogP contribution in [0.2, 0.25) is 0 Å². The number of rotatable bonds is 24. The first kappa shape index (κ1) is 52.2. The molecule has 0 bridgehead atoms. The SMILES string of the molecule is [2H]CC(=O)N[C@@H](CC(=O)N[C@@H](CC(N)=O)C(=O)N[C@@H](CCN(C(=O)CO)[C@@H](c1cc(-c2cc(F)ccc2F)cn1Cc1ccccc1)C(C)(C)C)C(=O)NCCNC(=O)CN1C(=O)C=CC1=O)C(N)=O. The van der Waals surface area contributed by atoms with Crippen molar-refractivity contribution in [2.75, 3.05) is 32.8 Å². The first-order valence-corrected chi connectivity index (χ1v) is 21.5. The molecule has 0 saturated heterocycles. The summed E-state index contributed by atoms with van der Waals surface area (Å²) in [6.45, 7) is 2.13. The van der Waals surface area contributed by atoms with E-state index in [2.05, 4.69) is 26.6 Å². The number of aliphatic hydroxyl groups excluding tert-OH is 1. The Kier molecular flexibility index (Phi) is 18.3. The van der Waals surface area contributed by atoms with Gasteiger partial charge in [-0.15, -0.1) is 0 Å². The quantitative estimate of drug-likeness (QED) is 0.0405. The average molecular weight is 964 g/mol. The lowest BCUT2D eigenvalue weighted by atomic mass is 9.82. The van der Waals surface area contributed by atoms with Gasteiger partial charge >= 0.3 is 0 Å². The number of hydrogen-bond donors (Lipinski definition) is 8. The van der Waals surface area contributed by atoms with Crippen molar-refractivity contribution in [1.82, 2.24) is 41.0 Å². The Hall–Kier alpha value is -7.82. The summed E-state index contributed by atoms with van der Waals surface area (Å²) >= 11 is 0. The number of nitrogens with one attached hydrogen (secondary N) is 5. The average Bonchev–Trinajstić information content (AvgIpc) is 3.85. The monoisotopic (exact) mass is 963 g/mol. The van der Waals surface area contributed by atoms with Crippen LogP contribution in [-0.2, 0) is 54.5 Å². The van der Waals surface area contributed by atoms with Crippen LogP contribution in [0, 0.1) is 17.0 Å². The normalized spacial score (nSPS) is 14.2. The summed E-state index contributed by atoms with van der Waals surface area (Å²) in [4.78, 5) is 129. The fourth-order valence-electron chi connectivity index (χ4n) is 7.47. The molecule has 4 atom stereocenters. The number of halogens is 2. The summed E-state index contributed by atoms with van der Waals surface area (Å²) in [6.07, 6.45) is 1.48. The van der Waals surface area contributed by atoms with Crippen LogP contribution in [0.1, 0.15) is 65.6 Å². The minimum absolute atomic E-state index is 0.0770. The van der Waals surface area contributed by atoms with Crippen LogP contribution in [-0.4, -0.2) is 129 Å². The lowest BCUT2D eigenvalue weighted by Crippen LogP contribution is -2.56. The van der Waals surface area contributed by atoms with E-state index in [0.29, 0.717) is 10.6 Å². The van der Waals surface area contributed by atoms with Crippen LogP contribution in [0.3, 0.4) is 0 Å². The number of carbonyl (C=O) groups excluding carboxylic acids is 10. The molecule has 2 heterocycles. The van der Waals surface area contributed by atoms with Gasteiger partial charge in [0.25, 0.3) is 11.8 Å². The summed E-state index contributed by atoms with van der Waals surface area (Å²) in [5.74, 6) is -10.8. The Labute approximate surface area is 396 Å². The van der Waals surface area contributed by atoms with Crippen molar-refractivity contribution in [3.8, 4) is 11.1 Å². The number of primary amides is 2. The number of aromatic nitrogens is 1. The molecule has 1 aromatic heterocycles. The number of imide groups is 1. The van der Waals surface area contributed by atoms with Gasteiger partial charge in [-0.1, -0.05) is 51.1 Å². The second-order valence-electron chi connectivity index (χ2n) is 17.0. The van der Waals surface area contributed by atoms with Gasteiger partial charge < -0.3 is 52.6 Å². The van der Waals surface area contributed by atoms with Crippen LogP contribution in [0.15, 0.2) is 72.9 Å². The molecule has 10 N–H and O–H groups in total. The molecule has 0 saturated carbocycles. The molecule has 3 aromatic rings. The van der Waals surface area contributed by atoms with Gasteiger partial charge in [-0.2, -0.15) is 0 Å². The number of nitrogens with two attached hydrogens (primary N) is 2. The molecule has 1 aliphatic heterocycles. The van der Waals surface area contributed by atoms with Crippen LogP contribution in [0.5, 0.6) is 0 Å². The van der Waals surface area contributed by atoms with Crippen molar-refractivity contribution in [3.05, 3.63) is 95.8 Å². The Morgan fingerprint density at radius 3 is 2.09 bits per heavy atom. The predicted molar refractivity (Wildman–Crippen MR) is 242 cm³/mol. The molecule has 370 valence electrons. The van der Waals surface area contributed by atoms with Gasteiger partial charge in [0, 0.05) is 69.6 Å². The third-order valence-corrected chi connectivity index (χ3v) is 10.6. The van der Waals surface area contributed by atoms with E-state index in [-0.39, 0.29) is 30.8 Å². The van der Waals surface area contributed by atoms with E-state index in [4.69, 9.17) is 12.8 Å². The van der Waals surface area contributed by atoms with Gasteiger partial charge in [0.15, 0.2) is 0 Å². The van der Waals surface area contributed by atoms with Crippen molar-refractivity contribution in [1.29, 1.82) is 0 Å². The number of benzene rings is 2. The summed E-state index contributed by atoms with van der Waals surface area (Å²) in [5.41, 5.74) is 11.2. The number of amides is 10. The number of nitrogens with zero attached hydrogens (tertiary/aromatic N) is 3. The molecule has 1 aliphatic rings. The Morgan fingerprint density at radius 2 is 1.48 bits per heavy atom. The lowest BCUT2D eigenvalue weighted by Gasteiger charge is -2.41. The first-order chi connectivity index (χ1) is 33.0. The van der Waals surface area contributed by atoms with Gasteiger partial charge in [0.2, 0.25) is 47.3 Å². The summed E-state index contributed by atoms with van der Waals surface area (Å²) in [6, 6.07) is 7.59. The smallest absolute Gasteiger partial charge is 0.254 e. The predicted octanol–water partition coefficient (Wildman–Crippen LogP) is -0.838. The van der Waals surface area contributed by atoms with Crippen molar-refractivity contribution in [3.63, 3.8) is 0 Å². The maximum absolute atomic E-state index is 15.3. The largest absolute Gasteiger partial charge is 0.387 e. The van der Waals surface area contributed by atoms with Crippen LogP contribution in [0.4, 0.5) is 8.78 Å². The van der Waals surface area contributed by atoms with Crippen molar-refractivity contribution in [2.24, 2.45) is 16.9 Å². The number of hydrogen-bond acceptors (Lipinski definition) is 11. The van der Waals surface area contributed by atoms with E-state index in [1.807, 2.05) is 18.2 Å². The van der Waals surface area contributed by atoms with Crippen LogP contribution in [0.25, 0.3) is 11.1 Å². The molecule has 69 heavy (non-hydrogen) atoms. The minimum atomic E-state index is -1.80. The van der Waals surface area contributed by atoms with Crippen LogP contribution >= 0.6 is 0 Å². The maximum Gasteiger partial charge on any atom is 0.254 e. The highest BCUT2D eigenvalue weighted by Gasteiger charge is 2.38. The second-order valence-corrected chi connectivity index (χ2v) is 17.0. The van der Waals surface area contributed by atoms with Crippen molar-refractivity contribution in [2.45, 2.75) is 77.6 Å². The fourth-order valence-corrected chi connectivity index (χ4v) is 7.47. The molecule has 23 heteroatoms. The lowest BCUT2D eigenvalue weighted by molar-refractivity contribution is -0.141. The molecule has 10 amide bonds. The fraction of sp³-hybridized carbons (Fsp3) is 0.391. The topological polar surface area (TPSA) is 315 Å². The minimum Gasteiger partial charge on any atom is -0.387 e. The Morgan fingerprint density at radius 1 is 0.812 bits per heavy atom. The van der Waals surface area contributed by atoms with Gasteiger partial charge in [-0.25, -0.2) is 8.78 Å². The highest BCUT2D eigenvalue weighted by molar-refractivity contribution is 6.14. The maximum atomic E-state index is 15.3. The van der Waals surface area contributed by atoms with E-state index in [1.165, 1.54) is 4.90 Å². The van der Waals surface area contributed by atoms with Gasteiger partial charge in [-0.3, -0.25) is 52.8 Å². The molecular formula is C46H56F2N10O11. The zero-order chi connectivity index (χ0) is 51.9. The van der Waals surface area contributed by atoms with E-state index < -0.39 is 146 Å². The molecule has 2 aromatic carbocycles. The van der Waals surface area contributed by atoms with E-state index in [9.17, 15) is 57.4 Å². The van der Waals surface area contributed by atoms with E-state index in [0.717, 1.165) is 35.9 Å². The van der Waals surface area contributed by atoms with E-state index >= 15 is 4.39 Å². The third-order valence-electron chi connectivity index (χ3n) is 10.6. The van der Waals surface area contributed by atoms with E-state index in [1.54, 1.807) is 49.7 Å². The summed E-state index contributed by atoms with van der Waals surface area (Å²) in [7, 11) is 0. The molecule has 4 rings (SSSR count). The molecular weight excluding hydrogens is 907 g/mol. The molecule has 0 radical (unpaired) electrons. The van der Waals surface area contributed by atoms with Gasteiger partial charge in [0.1, 0.15) is 42.9 Å². The first-order valence-electron chi connectivity index (χ1n) is 22.2. The number of carbonyl (C=O) groups is 10. The van der Waals surface area contributed by atoms with Crippen molar-refractivity contribution < 1.29 is 63.2 Å². The van der Waals surface area contributed by atoms with Crippen LogP contribution < -0.4 is 38.1 Å². The third kappa shape index (κ3) is 15.6. The second kappa shape index (κ2) is 24.3. The number of aliphatic hydroxyl groups is 1. The summed E-state index contributed by atoms with van der Waals surface area (Å²) < 4.78 is 38.8. The Bertz CT molecular complexity index is 2480. The van der Waals surface area contributed by atoms with Gasteiger partial charge in [-0.05, 0) is 41.7 Å². The van der Waals surface area contributed by atoms with Crippen molar-refractivity contribution >= 4 is 59.1 Å². The van der Waals surface area contributed by atoms with Gasteiger partial charge in [0.05, 0.1) is 18.9 Å².